The summed E-state index contributed by atoms with van der Waals surface area (Å²) in [5.74, 6) is 1.20. The quantitative estimate of drug-likeness (QED) is 0.730. The standard InChI is InChI=1S/C19H22N2O3S/c1-13-7-14(2)21-19(18(13)9-20)25-12-16(22)11-24-10-15-5-4-6-17(8-15)23-3/h4-8,16,22H,10-12H2,1-3H3. The van der Waals surface area contributed by atoms with Gasteiger partial charge in [0, 0.05) is 11.4 Å². The molecule has 0 saturated heterocycles. The average Bonchev–Trinajstić information content (AvgIpc) is 2.59. The van der Waals surface area contributed by atoms with Crippen LogP contribution in [0, 0.1) is 25.2 Å². The lowest BCUT2D eigenvalue weighted by atomic mass is 10.1. The Morgan fingerprint density at radius 3 is 2.84 bits per heavy atom. The SMILES string of the molecule is COc1cccc(COCC(O)CSc2nc(C)cc(C)c2C#N)c1. The molecule has 0 spiro atoms. The van der Waals surface area contributed by atoms with E-state index in [0.29, 0.717) is 22.9 Å². The lowest BCUT2D eigenvalue weighted by molar-refractivity contribution is 0.0397. The van der Waals surface area contributed by atoms with Crippen molar-refractivity contribution in [3.63, 3.8) is 0 Å². The molecule has 0 saturated carbocycles. The number of nitrogens with zero attached hydrogens (tertiary/aromatic N) is 2. The number of nitriles is 1. The largest absolute Gasteiger partial charge is 0.497 e. The van der Waals surface area contributed by atoms with Gasteiger partial charge in [-0.15, -0.1) is 11.8 Å². The first kappa shape index (κ1) is 19.3. The van der Waals surface area contributed by atoms with Gasteiger partial charge in [-0.05, 0) is 43.2 Å². The van der Waals surface area contributed by atoms with Crippen LogP contribution < -0.4 is 4.74 Å². The molecule has 0 aliphatic heterocycles. The van der Waals surface area contributed by atoms with Crippen LogP contribution in [0.5, 0.6) is 5.75 Å². The van der Waals surface area contributed by atoms with E-state index in [2.05, 4.69) is 11.1 Å². The van der Waals surface area contributed by atoms with Crippen LogP contribution in [0.2, 0.25) is 0 Å². The molecule has 2 rings (SSSR count). The Bertz CT molecular complexity index is 759. The number of benzene rings is 1. The fraction of sp³-hybridized carbons (Fsp3) is 0.368. The number of aliphatic hydroxyl groups excluding tert-OH is 1. The Hall–Kier alpha value is -2.07. The summed E-state index contributed by atoms with van der Waals surface area (Å²) >= 11 is 1.38. The van der Waals surface area contributed by atoms with Crippen LogP contribution in [0.3, 0.4) is 0 Å². The lowest BCUT2D eigenvalue weighted by Gasteiger charge is -2.12. The van der Waals surface area contributed by atoms with Gasteiger partial charge < -0.3 is 14.6 Å². The van der Waals surface area contributed by atoms with Crippen molar-refractivity contribution in [3.8, 4) is 11.8 Å². The molecule has 1 N–H and O–H groups in total. The second-order valence-corrected chi connectivity index (χ2v) is 6.71. The molecule has 0 aliphatic carbocycles. The number of aryl methyl sites for hydroxylation is 2. The van der Waals surface area contributed by atoms with Gasteiger partial charge in [0.1, 0.15) is 16.8 Å². The Morgan fingerprint density at radius 2 is 2.12 bits per heavy atom. The zero-order chi connectivity index (χ0) is 18.2. The van der Waals surface area contributed by atoms with Gasteiger partial charge in [0.05, 0.1) is 32.0 Å². The third kappa shape index (κ3) is 5.75. The number of hydrogen-bond acceptors (Lipinski definition) is 6. The van der Waals surface area contributed by atoms with E-state index in [0.717, 1.165) is 22.6 Å². The number of hydrogen-bond donors (Lipinski definition) is 1. The van der Waals surface area contributed by atoms with Crippen molar-refractivity contribution in [1.82, 2.24) is 4.98 Å². The molecule has 1 heterocycles. The molecule has 0 amide bonds. The van der Waals surface area contributed by atoms with Crippen molar-refractivity contribution in [2.24, 2.45) is 0 Å². The predicted octanol–water partition coefficient (Wildman–Crippen LogP) is 3.25. The summed E-state index contributed by atoms with van der Waals surface area (Å²) in [4.78, 5) is 4.40. The molecule has 2 aromatic rings. The molecule has 5 nitrogen and oxygen atoms in total. The minimum atomic E-state index is -0.634. The fourth-order valence-electron chi connectivity index (χ4n) is 2.34. The fourth-order valence-corrected chi connectivity index (χ4v) is 3.35. The van der Waals surface area contributed by atoms with Crippen LogP contribution >= 0.6 is 11.8 Å². The van der Waals surface area contributed by atoms with Crippen LogP contribution in [0.1, 0.15) is 22.4 Å². The second kappa shape index (κ2) is 9.42. The molecule has 0 aliphatic rings. The molecular weight excluding hydrogens is 336 g/mol. The first-order chi connectivity index (χ1) is 12.0. The Kier molecular flexibility index (Phi) is 7.26. The maximum atomic E-state index is 10.1. The summed E-state index contributed by atoms with van der Waals surface area (Å²) in [5, 5.41) is 20.0. The second-order valence-electron chi connectivity index (χ2n) is 5.70. The van der Waals surface area contributed by atoms with Gasteiger partial charge in [-0.2, -0.15) is 5.26 Å². The number of aliphatic hydroxyl groups is 1. The lowest BCUT2D eigenvalue weighted by Crippen LogP contribution is -2.18. The number of thioether (sulfide) groups is 1. The Balaban J connectivity index is 1.83. The summed E-state index contributed by atoms with van der Waals surface area (Å²) in [5.41, 5.74) is 3.33. The van der Waals surface area contributed by atoms with E-state index in [-0.39, 0.29) is 6.61 Å². The van der Waals surface area contributed by atoms with E-state index < -0.39 is 6.10 Å². The number of methoxy groups -OCH3 is 1. The normalized spacial score (nSPS) is 11.8. The number of aromatic nitrogens is 1. The maximum absolute atomic E-state index is 10.1. The number of ether oxygens (including phenoxy) is 2. The highest BCUT2D eigenvalue weighted by molar-refractivity contribution is 7.99. The van der Waals surface area contributed by atoms with Crippen molar-refractivity contribution in [3.05, 3.63) is 52.7 Å². The monoisotopic (exact) mass is 358 g/mol. The minimum Gasteiger partial charge on any atom is -0.497 e. The van der Waals surface area contributed by atoms with E-state index in [1.807, 2.05) is 44.2 Å². The number of pyridine rings is 1. The van der Waals surface area contributed by atoms with Crippen LogP contribution in [0.4, 0.5) is 0 Å². The molecule has 1 aromatic carbocycles. The van der Waals surface area contributed by atoms with E-state index >= 15 is 0 Å². The molecule has 6 heteroatoms. The zero-order valence-electron chi connectivity index (χ0n) is 14.7. The average molecular weight is 358 g/mol. The van der Waals surface area contributed by atoms with E-state index in [9.17, 15) is 10.4 Å². The summed E-state index contributed by atoms with van der Waals surface area (Å²) in [6.07, 6.45) is -0.634. The highest BCUT2D eigenvalue weighted by Crippen LogP contribution is 2.24. The summed E-state index contributed by atoms with van der Waals surface area (Å²) in [6, 6.07) is 11.7. The van der Waals surface area contributed by atoms with Crippen molar-refractivity contribution in [2.45, 2.75) is 31.6 Å². The molecular formula is C19H22N2O3S. The first-order valence-corrected chi connectivity index (χ1v) is 8.92. The molecule has 1 unspecified atom stereocenters. The molecule has 0 fully saturated rings. The van der Waals surface area contributed by atoms with E-state index in [4.69, 9.17) is 9.47 Å². The Morgan fingerprint density at radius 1 is 1.32 bits per heavy atom. The zero-order valence-corrected chi connectivity index (χ0v) is 15.5. The molecule has 25 heavy (non-hydrogen) atoms. The van der Waals surface area contributed by atoms with Crippen LogP contribution in [0.25, 0.3) is 0 Å². The third-order valence-electron chi connectivity index (χ3n) is 3.55. The molecule has 0 radical (unpaired) electrons. The van der Waals surface area contributed by atoms with Crippen LogP contribution in [-0.2, 0) is 11.3 Å². The topological polar surface area (TPSA) is 75.4 Å². The van der Waals surface area contributed by atoms with Gasteiger partial charge in [0.2, 0.25) is 0 Å². The summed E-state index contributed by atoms with van der Waals surface area (Å²) in [6.45, 7) is 4.41. The molecule has 0 bridgehead atoms. The highest BCUT2D eigenvalue weighted by Gasteiger charge is 2.12. The third-order valence-corrected chi connectivity index (χ3v) is 4.67. The smallest absolute Gasteiger partial charge is 0.119 e. The molecule has 1 atom stereocenters. The van der Waals surface area contributed by atoms with Crippen molar-refractivity contribution in [1.29, 1.82) is 5.26 Å². The van der Waals surface area contributed by atoms with Gasteiger partial charge in [-0.3, -0.25) is 0 Å². The first-order valence-electron chi connectivity index (χ1n) is 7.93. The van der Waals surface area contributed by atoms with Gasteiger partial charge in [-0.1, -0.05) is 12.1 Å². The van der Waals surface area contributed by atoms with Crippen molar-refractivity contribution < 1.29 is 14.6 Å². The van der Waals surface area contributed by atoms with E-state index in [1.54, 1.807) is 7.11 Å². The maximum Gasteiger partial charge on any atom is 0.119 e. The van der Waals surface area contributed by atoms with Gasteiger partial charge in [0.15, 0.2) is 0 Å². The number of rotatable bonds is 8. The summed E-state index contributed by atoms with van der Waals surface area (Å²) in [7, 11) is 1.62. The van der Waals surface area contributed by atoms with Crippen LogP contribution in [-0.4, -0.2) is 35.7 Å². The van der Waals surface area contributed by atoms with Crippen molar-refractivity contribution in [2.75, 3.05) is 19.5 Å². The van der Waals surface area contributed by atoms with Gasteiger partial charge in [-0.25, -0.2) is 4.98 Å². The Labute approximate surface area is 152 Å². The predicted molar refractivity (Wildman–Crippen MR) is 97.8 cm³/mol. The van der Waals surface area contributed by atoms with Gasteiger partial charge >= 0.3 is 0 Å². The molecule has 132 valence electrons. The van der Waals surface area contributed by atoms with Crippen LogP contribution in [0.15, 0.2) is 35.4 Å². The molecule has 1 aromatic heterocycles. The van der Waals surface area contributed by atoms with E-state index in [1.165, 1.54) is 11.8 Å². The summed E-state index contributed by atoms with van der Waals surface area (Å²) < 4.78 is 10.7. The van der Waals surface area contributed by atoms with Gasteiger partial charge in [0.25, 0.3) is 0 Å². The minimum absolute atomic E-state index is 0.219. The highest BCUT2D eigenvalue weighted by atomic mass is 32.2. The van der Waals surface area contributed by atoms with Crippen molar-refractivity contribution >= 4 is 11.8 Å².